The zero-order chi connectivity index (χ0) is 19.9. The van der Waals surface area contributed by atoms with Crippen LogP contribution in [0.5, 0.6) is 0 Å². The van der Waals surface area contributed by atoms with Gasteiger partial charge in [0.15, 0.2) is 0 Å². The summed E-state index contributed by atoms with van der Waals surface area (Å²) < 4.78 is 0. The number of aryl methyl sites for hydroxylation is 1. The van der Waals surface area contributed by atoms with Crippen molar-refractivity contribution in [2.24, 2.45) is 0 Å². The molecule has 3 N–H and O–H groups in total. The predicted octanol–water partition coefficient (Wildman–Crippen LogP) is 3.50. The Labute approximate surface area is 163 Å². The monoisotopic (exact) mass is 377 g/mol. The van der Waals surface area contributed by atoms with Crippen molar-refractivity contribution >= 4 is 5.91 Å². The van der Waals surface area contributed by atoms with Gasteiger partial charge >= 0.3 is 0 Å². The molecule has 0 radical (unpaired) electrons. The Hall–Kier alpha value is -3.06. The zero-order valence-corrected chi connectivity index (χ0v) is 16.2. The van der Waals surface area contributed by atoms with Crippen LogP contribution < -0.4 is 5.48 Å². The fourth-order valence-electron chi connectivity index (χ4n) is 3.62. The second-order valence-electron chi connectivity index (χ2n) is 7.60. The number of nitrogens with one attached hydrogen (secondary N) is 2. The van der Waals surface area contributed by atoms with Gasteiger partial charge < -0.3 is 4.98 Å². The van der Waals surface area contributed by atoms with Crippen molar-refractivity contribution in [3.05, 3.63) is 65.0 Å². The Kier molecular flexibility index (Phi) is 4.47. The number of hydroxylamine groups is 1. The van der Waals surface area contributed by atoms with Gasteiger partial charge in [-0.15, -0.1) is 0 Å². The van der Waals surface area contributed by atoms with E-state index in [1.54, 1.807) is 23.8 Å². The van der Waals surface area contributed by atoms with E-state index in [9.17, 15) is 4.79 Å². The van der Waals surface area contributed by atoms with Crippen molar-refractivity contribution in [1.29, 1.82) is 0 Å². The molecular formula is C21H23N5O2. The zero-order valence-electron chi connectivity index (χ0n) is 16.2. The fraction of sp³-hybridized carbons (Fsp3) is 0.333. The molecule has 0 saturated heterocycles. The number of carbonyl (C=O) groups is 1. The van der Waals surface area contributed by atoms with Crippen molar-refractivity contribution in [3.8, 4) is 11.4 Å². The Morgan fingerprint density at radius 2 is 1.89 bits per heavy atom. The molecule has 144 valence electrons. The highest BCUT2D eigenvalue weighted by Gasteiger charge is 2.48. The lowest BCUT2D eigenvalue weighted by Crippen LogP contribution is -2.19. The van der Waals surface area contributed by atoms with E-state index in [1.165, 1.54) is 0 Å². The van der Waals surface area contributed by atoms with Gasteiger partial charge in [0.05, 0.1) is 22.5 Å². The van der Waals surface area contributed by atoms with Crippen LogP contribution >= 0.6 is 0 Å². The quantitative estimate of drug-likeness (QED) is 0.466. The molecule has 1 aliphatic rings. The second kappa shape index (κ2) is 6.83. The van der Waals surface area contributed by atoms with Crippen molar-refractivity contribution < 1.29 is 10.0 Å². The van der Waals surface area contributed by atoms with Crippen LogP contribution in [0.3, 0.4) is 0 Å². The van der Waals surface area contributed by atoms with Gasteiger partial charge in [0.2, 0.25) is 0 Å². The standard InChI is InChI=1S/C21H23N5O2/c1-12(2)17-18(24-13(3)23-17)16-8-11-22-20(25-16)21(9-10-21)15-6-4-14(5-7-15)19(27)26-28/h4-8,11-12,28H,9-10H2,1-3H3,(H,23,24)(H,26,27). The molecule has 3 aromatic rings. The molecule has 0 unspecified atom stereocenters. The van der Waals surface area contributed by atoms with Crippen molar-refractivity contribution in [3.63, 3.8) is 0 Å². The van der Waals surface area contributed by atoms with Gasteiger partial charge in [0, 0.05) is 11.8 Å². The summed E-state index contributed by atoms with van der Waals surface area (Å²) in [5.74, 6) is 1.42. The minimum Gasteiger partial charge on any atom is -0.341 e. The summed E-state index contributed by atoms with van der Waals surface area (Å²) in [5, 5.41) is 8.78. The van der Waals surface area contributed by atoms with Crippen molar-refractivity contribution in [2.45, 2.75) is 44.9 Å². The molecule has 0 spiro atoms. The summed E-state index contributed by atoms with van der Waals surface area (Å²) in [6, 6.07) is 9.15. The number of rotatable bonds is 5. The SMILES string of the molecule is Cc1nc(C(C)C)c(-c2ccnc(C3(c4ccc(C(=O)NO)cc4)CC3)n2)[nH]1. The van der Waals surface area contributed by atoms with Crippen LogP contribution in [-0.2, 0) is 5.41 Å². The maximum atomic E-state index is 11.6. The number of hydrogen-bond acceptors (Lipinski definition) is 5. The van der Waals surface area contributed by atoms with E-state index < -0.39 is 5.91 Å². The van der Waals surface area contributed by atoms with E-state index in [0.29, 0.717) is 11.5 Å². The maximum Gasteiger partial charge on any atom is 0.274 e. The van der Waals surface area contributed by atoms with Crippen LogP contribution in [0.25, 0.3) is 11.4 Å². The van der Waals surface area contributed by atoms with Gasteiger partial charge in [-0.3, -0.25) is 10.0 Å². The smallest absolute Gasteiger partial charge is 0.274 e. The first-order valence-corrected chi connectivity index (χ1v) is 9.40. The number of imidazole rings is 1. The first kappa shape index (κ1) is 18.3. The highest BCUT2D eigenvalue weighted by atomic mass is 16.5. The van der Waals surface area contributed by atoms with Crippen molar-refractivity contribution in [2.75, 3.05) is 0 Å². The summed E-state index contributed by atoms with van der Waals surface area (Å²) in [5.41, 5.74) is 5.71. The minimum atomic E-state index is -0.523. The molecule has 1 saturated carbocycles. The van der Waals surface area contributed by atoms with E-state index in [2.05, 4.69) is 28.8 Å². The second-order valence-corrected chi connectivity index (χ2v) is 7.60. The first-order valence-electron chi connectivity index (χ1n) is 9.40. The normalized spacial score (nSPS) is 14.9. The Bertz CT molecular complexity index is 1020. The van der Waals surface area contributed by atoms with Crippen LogP contribution in [0.2, 0.25) is 0 Å². The van der Waals surface area contributed by atoms with Gasteiger partial charge in [-0.1, -0.05) is 26.0 Å². The molecule has 1 fully saturated rings. The molecule has 1 aliphatic carbocycles. The van der Waals surface area contributed by atoms with Crippen LogP contribution in [0.4, 0.5) is 0 Å². The predicted molar refractivity (Wildman–Crippen MR) is 104 cm³/mol. The van der Waals surface area contributed by atoms with E-state index in [-0.39, 0.29) is 5.41 Å². The molecule has 7 heteroatoms. The number of benzene rings is 1. The third kappa shape index (κ3) is 3.07. The topological polar surface area (TPSA) is 104 Å². The molecule has 28 heavy (non-hydrogen) atoms. The largest absolute Gasteiger partial charge is 0.341 e. The van der Waals surface area contributed by atoms with Gasteiger partial charge in [-0.25, -0.2) is 20.4 Å². The molecule has 0 bridgehead atoms. The van der Waals surface area contributed by atoms with Gasteiger partial charge in [-0.2, -0.15) is 0 Å². The molecule has 0 aliphatic heterocycles. The molecule has 4 rings (SSSR count). The third-order valence-electron chi connectivity index (χ3n) is 5.29. The Morgan fingerprint density at radius 1 is 1.18 bits per heavy atom. The minimum absolute atomic E-state index is 0.225. The molecule has 7 nitrogen and oxygen atoms in total. The number of aromatic amines is 1. The van der Waals surface area contributed by atoms with Crippen LogP contribution in [0, 0.1) is 6.92 Å². The number of H-pyrrole nitrogens is 1. The molecule has 2 aromatic heterocycles. The average molecular weight is 377 g/mol. The highest BCUT2D eigenvalue weighted by molar-refractivity contribution is 5.93. The number of carbonyl (C=O) groups excluding carboxylic acids is 1. The number of hydrogen-bond donors (Lipinski definition) is 3. The summed E-state index contributed by atoms with van der Waals surface area (Å²) in [6.07, 6.45) is 3.72. The lowest BCUT2D eigenvalue weighted by atomic mass is 9.93. The molecule has 2 heterocycles. The van der Waals surface area contributed by atoms with Crippen LogP contribution in [0.15, 0.2) is 36.5 Å². The lowest BCUT2D eigenvalue weighted by molar-refractivity contribution is 0.0706. The van der Waals surface area contributed by atoms with Crippen LogP contribution in [0.1, 0.15) is 65.9 Å². The number of aromatic nitrogens is 4. The molecule has 0 atom stereocenters. The summed E-state index contributed by atoms with van der Waals surface area (Å²) in [6.45, 7) is 6.19. The van der Waals surface area contributed by atoms with Crippen LogP contribution in [-0.4, -0.2) is 31.1 Å². The average Bonchev–Trinajstić information content (AvgIpc) is 3.43. The lowest BCUT2D eigenvalue weighted by Gasteiger charge is -2.16. The van der Waals surface area contributed by atoms with Gasteiger partial charge in [-0.05, 0) is 49.4 Å². The van der Waals surface area contributed by atoms with E-state index in [0.717, 1.165) is 47.1 Å². The molecular weight excluding hydrogens is 354 g/mol. The molecule has 1 amide bonds. The Balaban J connectivity index is 1.71. The fourth-order valence-corrected chi connectivity index (χ4v) is 3.62. The molecule has 1 aromatic carbocycles. The van der Waals surface area contributed by atoms with E-state index in [4.69, 9.17) is 10.2 Å². The Morgan fingerprint density at radius 3 is 2.50 bits per heavy atom. The summed E-state index contributed by atoms with van der Waals surface area (Å²) in [4.78, 5) is 29.0. The van der Waals surface area contributed by atoms with Gasteiger partial charge in [0.1, 0.15) is 11.6 Å². The summed E-state index contributed by atoms with van der Waals surface area (Å²) in [7, 11) is 0. The summed E-state index contributed by atoms with van der Waals surface area (Å²) >= 11 is 0. The number of amides is 1. The van der Waals surface area contributed by atoms with E-state index >= 15 is 0 Å². The third-order valence-corrected chi connectivity index (χ3v) is 5.29. The first-order chi connectivity index (χ1) is 13.4. The van der Waals surface area contributed by atoms with Gasteiger partial charge in [0.25, 0.3) is 5.91 Å². The van der Waals surface area contributed by atoms with E-state index in [1.807, 2.05) is 25.1 Å². The highest BCUT2D eigenvalue weighted by Crippen LogP contribution is 2.52. The van der Waals surface area contributed by atoms with Crippen molar-refractivity contribution in [1.82, 2.24) is 25.4 Å². The number of nitrogens with zero attached hydrogens (tertiary/aromatic N) is 3. The maximum absolute atomic E-state index is 11.6.